The molecule has 0 aliphatic carbocycles. The van der Waals surface area contributed by atoms with Gasteiger partial charge in [-0.3, -0.25) is 0 Å². The minimum atomic E-state index is -0.594. The first kappa shape index (κ1) is 12.3. The second-order valence-electron chi connectivity index (χ2n) is 3.67. The molecule has 1 atom stereocenters. The van der Waals surface area contributed by atoms with Crippen molar-refractivity contribution in [1.29, 1.82) is 0 Å². The van der Waals surface area contributed by atoms with E-state index >= 15 is 0 Å². The average Bonchev–Trinajstić information content (AvgIpc) is 2.63. The summed E-state index contributed by atoms with van der Waals surface area (Å²) in [4.78, 5) is 1.01. The highest BCUT2D eigenvalue weighted by atomic mass is 35.5. The van der Waals surface area contributed by atoms with Crippen LogP contribution < -0.4 is 5.32 Å². The number of hydrogen-bond acceptors (Lipinski definition) is 2. The summed E-state index contributed by atoms with van der Waals surface area (Å²) in [7, 11) is 0. The van der Waals surface area contributed by atoms with Gasteiger partial charge in [-0.2, -0.15) is 0 Å². The van der Waals surface area contributed by atoms with Gasteiger partial charge in [0.25, 0.3) is 0 Å². The predicted molar refractivity (Wildman–Crippen MR) is 67.7 cm³/mol. The molecule has 90 valence electrons. The Bertz CT molecular complexity index is 507. The molecular formula is C12H10ClF2NS. The molecule has 1 nitrogen and oxygen atoms in total. The Labute approximate surface area is 107 Å². The van der Waals surface area contributed by atoms with Gasteiger partial charge < -0.3 is 5.32 Å². The quantitative estimate of drug-likeness (QED) is 0.843. The lowest BCUT2D eigenvalue weighted by atomic mass is 10.2. The Morgan fingerprint density at radius 1 is 1.18 bits per heavy atom. The highest BCUT2D eigenvalue weighted by Crippen LogP contribution is 2.29. The monoisotopic (exact) mass is 273 g/mol. The van der Waals surface area contributed by atoms with Crippen LogP contribution in [0.25, 0.3) is 0 Å². The summed E-state index contributed by atoms with van der Waals surface area (Å²) in [5.74, 6) is -1.19. The third-order valence-electron chi connectivity index (χ3n) is 2.27. The molecule has 1 unspecified atom stereocenters. The molecule has 0 bridgehead atoms. The first-order valence-electron chi connectivity index (χ1n) is 5.02. The van der Waals surface area contributed by atoms with Crippen molar-refractivity contribution >= 4 is 28.6 Å². The van der Waals surface area contributed by atoms with Gasteiger partial charge in [0.1, 0.15) is 11.6 Å². The van der Waals surface area contributed by atoms with Crippen LogP contribution in [0.2, 0.25) is 4.34 Å². The van der Waals surface area contributed by atoms with Gasteiger partial charge in [0.05, 0.1) is 10.4 Å². The van der Waals surface area contributed by atoms with Gasteiger partial charge >= 0.3 is 0 Å². The molecular weight excluding hydrogens is 264 g/mol. The molecule has 5 heteroatoms. The fourth-order valence-corrected chi connectivity index (χ4v) is 2.58. The largest absolute Gasteiger partial charge is 0.378 e. The fraction of sp³-hybridized carbons (Fsp3) is 0.167. The Morgan fingerprint density at radius 2 is 1.82 bits per heavy atom. The zero-order chi connectivity index (χ0) is 12.4. The van der Waals surface area contributed by atoms with Gasteiger partial charge in [0, 0.05) is 16.6 Å². The highest BCUT2D eigenvalue weighted by molar-refractivity contribution is 7.16. The summed E-state index contributed by atoms with van der Waals surface area (Å²) in [6.45, 7) is 1.91. The van der Waals surface area contributed by atoms with E-state index in [2.05, 4.69) is 5.32 Å². The van der Waals surface area contributed by atoms with Crippen molar-refractivity contribution in [3.05, 3.63) is 51.2 Å². The molecule has 0 radical (unpaired) electrons. The van der Waals surface area contributed by atoms with Crippen molar-refractivity contribution in [2.24, 2.45) is 0 Å². The Balaban J connectivity index is 2.15. The first-order valence-corrected chi connectivity index (χ1v) is 6.22. The normalized spacial score (nSPS) is 12.5. The van der Waals surface area contributed by atoms with E-state index in [1.807, 2.05) is 13.0 Å². The lowest BCUT2D eigenvalue weighted by Crippen LogP contribution is -2.05. The molecule has 17 heavy (non-hydrogen) atoms. The minimum absolute atomic E-state index is 0.0475. The summed E-state index contributed by atoms with van der Waals surface area (Å²) in [6.07, 6.45) is 0. The molecule has 0 saturated heterocycles. The Hall–Kier alpha value is -1.13. The molecule has 1 aromatic heterocycles. The van der Waals surface area contributed by atoms with Crippen LogP contribution in [0.1, 0.15) is 17.8 Å². The van der Waals surface area contributed by atoms with E-state index in [9.17, 15) is 8.78 Å². The molecule has 1 heterocycles. The van der Waals surface area contributed by atoms with Crippen LogP contribution in [-0.4, -0.2) is 0 Å². The van der Waals surface area contributed by atoms with E-state index in [0.717, 1.165) is 10.9 Å². The first-order chi connectivity index (χ1) is 8.04. The minimum Gasteiger partial charge on any atom is -0.378 e. The number of rotatable bonds is 3. The van der Waals surface area contributed by atoms with Gasteiger partial charge in [-0.1, -0.05) is 11.6 Å². The van der Waals surface area contributed by atoms with Crippen molar-refractivity contribution in [1.82, 2.24) is 0 Å². The van der Waals surface area contributed by atoms with Crippen molar-refractivity contribution in [3.8, 4) is 0 Å². The molecule has 2 rings (SSSR count). The van der Waals surface area contributed by atoms with E-state index < -0.39 is 11.6 Å². The Kier molecular flexibility index (Phi) is 3.64. The molecule has 2 aromatic rings. The third kappa shape index (κ3) is 3.17. The van der Waals surface area contributed by atoms with Crippen LogP contribution in [0, 0.1) is 11.6 Å². The molecule has 0 saturated carbocycles. The van der Waals surface area contributed by atoms with Crippen molar-refractivity contribution in [2.75, 3.05) is 5.32 Å². The predicted octanol–water partition coefficient (Wildman–Crippen LogP) is 4.85. The van der Waals surface area contributed by atoms with Crippen LogP contribution in [0.15, 0.2) is 30.3 Å². The molecule has 1 aromatic carbocycles. The second-order valence-corrected chi connectivity index (χ2v) is 5.41. The van der Waals surface area contributed by atoms with Crippen molar-refractivity contribution < 1.29 is 8.78 Å². The number of nitrogens with one attached hydrogen (secondary N) is 1. The van der Waals surface area contributed by atoms with Crippen LogP contribution in [0.4, 0.5) is 14.5 Å². The van der Waals surface area contributed by atoms with Crippen LogP contribution >= 0.6 is 22.9 Å². The van der Waals surface area contributed by atoms with E-state index in [0.29, 0.717) is 10.0 Å². The second kappa shape index (κ2) is 5.02. The molecule has 0 aliphatic heterocycles. The lowest BCUT2D eigenvalue weighted by molar-refractivity contribution is 0.583. The molecule has 0 amide bonds. The van der Waals surface area contributed by atoms with E-state index in [-0.39, 0.29) is 6.04 Å². The maximum absolute atomic E-state index is 13.0. The molecule has 0 fully saturated rings. The number of hydrogen-bond donors (Lipinski definition) is 1. The van der Waals surface area contributed by atoms with Gasteiger partial charge in [0.15, 0.2) is 0 Å². The molecule has 0 aliphatic rings. The standard InChI is InChI=1S/C12H10ClF2NS/c1-7(11-2-3-12(13)17-11)16-10-5-8(14)4-9(15)6-10/h2-7,16H,1H3. The number of benzene rings is 1. The van der Waals surface area contributed by atoms with Crippen molar-refractivity contribution in [3.63, 3.8) is 0 Å². The van der Waals surface area contributed by atoms with Gasteiger partial charge in [-0.05, 0) is 31.2 Å². The van der Waals surface area contributed by atoms with Crippen LogP contribution in [-0.2, 0) is 0 Å². The third-order valence-corrected chi connectivity index (χ3v) is 3.68. The summed E-state index contributed by atoms with van der Waals surface area (Å²) < 4.78 is 26.7. The van der Waals surface area contributed by atoms with E-state index in [4.69, 9.17) is 11.6 Å². The van der Waals surface area contributed by atoms with Crippen LogP contribution in [0.5, 0.6) is 0 Å². The Morgan fingerprint density at radius 3 is 2.35 bits per heavy atom. The SMILES string of the molecule is CC(Nc1cc(F)cc(F)c1)c1ccc(Cl)s1. The van der Waals surface area contributed by atoms with Crippen molar-refractivity contribution in [2.45, 2.75) is 13.0 Å². The summed E-state index contributed by atoms with van der Waals surface area (Å²) in [5, 5.41) is 3.02. The maximum Gasteiger partial charge on any atom is 0.128 e. The highest BCUT2D eigenvalue weighted by Gasteiger charge is 2.09. The van der Waals surface area contributed by atoms with E-state index in [1.54, 1.807) is 6.07 Å². The summed E-state index contributed by atoms with van der Waals surface area (Å²) in [5.41, 5.74) is 0.416. The number of thiophene rings is 1. The zero-order valence-corrected chi connectivity index (χ0v) is 10.6. The smallest absolute Gasteiger partial charge is 0.128 e. The number of anilines is 1. The topological polar surface area (TPSA) is 12.0 Å². The maximum atomic E-state index is 13.0. The summed E-state index contributed by atoms with van der Waals surface area (Å²) >= 11 is 7.27. The molecule has 0 spiro atoms. The number of halogens is 3. The lowest BCUT2D eigenvalue weighted by Gasteiger charge is -2.13. The van der Waals surface area contributed by atoms with Gasteiger partial charge in [0.2, 0.25) is 0 Å². The zero-order valence-electron chi connectivity index (χ0n) is 9.01. The fourth-order valence-electron chi connectivity index (χ4n) is 1.52. The average molecular weight is 274 g/mol. The van der Waals surface area contributed by atoms with Gasteiger partial charge in [-0.15, -0.1) is 11.3 Å². The van der Waals surface area contributed by atoms with Gasteiger partial charge in [-0.25, -0.2) is 8.78 Å². The van der Waals surface area contributed by atoms with E-state index in [1.165, 1.54) is 23.5 Å². The summed E-state index contributed by atoms with van der Waals surface area (Å²) in [6, 6.07) is 7.00. The molecule has 1 N–H and O–H groups in total. The van der Waals surface area contributed by atoms with Crippen LogP contribution in [0.3, 0.4) is 0 Å².